The van der Waals surface area contributed by atoms with Crippen molar-refractivity contribution in [3.63, 3.8) is 0 Å². The molecule has 0 aromatic heterocycles. The number of carboxylic acids is 1. The molecule has 93 heavy (non-hydrogen) atoms. The predicted molar refractivity (Wildman–Crippen MR) is 311 cm³/mol. The molecule has 0 aromatic carbocycles. The van der Waals surface area contributed by atoms with Crippen molar-refractivity contribution in [1.29, 1.82) is 0 Å². The Morgan fingerprint density at radius 2 is 0.581 bits per heavy atom. The number of carbonyl (C=O) groups is 6. The molecule has 5 amide bonds. The summed E-state index contributed by atoms with van der Waals surface area (Å²) in [6, 6.07) is 0. The highest BCUT2D eigenvalue weighted by Gasteiger charge is 2.47. The van der Waals surface area contributed by atoms with Gasteiger partial charge in [0, 0.05) is 65.1 Å². The third-order valence-corrected chi connectivity index (χ3v) is 15.9. The maximum absolute atomic E-state index is 13.6. The van der Waals surface area contributed by atoms with Crippen LogP contribution in [0, 0.1) is 0 Å². The normalized spacial score (nSPS) is 31.4. The fraction of sp³-hybridized carbons (Fsp3) is 0.893. The number of nitrogens with one attached hydrogen (secondary N) is 3. The zero-order valence-corrected chi connectivity index (χ0v) is 51.9. The molecular weight excluding hydrogens is 1250 g/mol. The first-order valence-electron chi connectivity index (χ1n) is 31.4. The van der Waals surface area contributed by atoms with E-state index >= 15 is 0 Å². The number of carbonyl (C=O) groups excluding carboxylic acids is 5. The second-order valence-electron chi connectivity index (χ2n) is 23.1. The van der Waals surface area contributed by atoms with Gasteiger partial charge < -0.3 is 150 Å². The number of unbranched alkanes of at least 4 members (excludes halogenated alkanes) is 6. The van der Waals surface area contributed by atoms with E-state index in [0.717, 1.165) is 0 Å². The van der Waals surface area contributed by atoms with Crippen molar-refractivity contribution in [1.82, 2.24) is 30.7 Å². The van der Waals surface area contributed by atoms with Gasteiger partial charge in [0.05, 0.1) is 72.5 Å². The number of aliphatic hydroxyl groups excluding tert-OH is 16. The first kappa shape index (κ1) is 81.2. The molecule has 0 aliphatic carbocycles. The largest absolute Gasteiger partial charge is 0.481 e. The number of hydrogen-bond acceptors (Lipinski definition) is 31. The maximum Gasteiger partial charge on any atom is 0.303 e. The summed E-state index contributed by atoms with van der Waals surface area (Å²) in [6.07, 6.45) is -27.7. The predicted octanol–water partition coefficient (Wildman–Crippen LogP) is -10.7. The molecule has 4 aliphatic rings. The first-order valence-corrected chi connectivity index (χ1v) is 31.4. The van der Waals surface area contributed by atoms with Crippen molar-refractivity contribution in [2.75, 3.05) is 118 Å². The second-order valence-corrected chi connectivity index (χ2v) is 23.1. The lowest BCUT2D eigenvalue weighted by Gasteiger charge is -2.40. The number of amides is 5. The summed E-state index contributed by atoms with van der Waals surface area (Å²) in [5.41, 5.74) is 0. The van der Waals surface area contributed by atoms with Crippen molar-refractivity contribution >= 4 is 35.5 Å². The molecule has 2 unspecified atom stereocenters. The molecule has 20 N–H and O–H groups in total. The molecule has 4 rings (SSSR count). The molecule has 0 aromatic rings. The van der Waals surface area contributed by atoms with Crippen molar-refractivity contribution in [3.8, 4) is 0 Å². The lowest BCUT2D eigenvalue weighted by molar-refractivity contribution is -0.303. The molecule has 4 saturated heterocycles. The highest BCUT2D eigenvalue weighted by Crippen LogP contribution is 2.26. The molecule has 4 heterocycles. The van der Waals surface area contributed by atoms with E-state index in [2.05, 4.69) is 16.0 Å². The standard InChI is InChI=1S/C56H100N6O31/c63-27-31-41(74)45(78)49(82)53(90-31)86-20-16-61(17-21-87-54-50(83)46(79)42(75)32(28-64)91-54)38(70)10-4-1-7-13-57-35(67)24-60(26-37(69)59-15-9-3-6-12-40(72)73)25-36(68)58-14-8-2-5-11-39(71)62(18-22-88-55-51(84)47(80)43(76)33(29-65)92-55)19-23-89-56-52(85)48(81)44(77)34(30-66)93-56/h31-34,41-56,63-66,74-85H,1-30H2,(H,57,67)(H,58,68)(H,59,69)(H,72,73)/t31-,32-,33-,34-,41-,42-,43-,44-,45+,46+,47+,48+,49+,50+,51+,52+,53+,54?,55+,56?/m1/s1. The zero-order chi connectivity index (χ0) is 68.7. The van der Waals surface area contributed by atoms with Gasteiger partial charge in [0.1, 0.15) is 97.7 Å². The number of hydrogen-bond donors (Lipinski definition) is 20. The molecule has 540 valence electrons. The smallest absolute Gasteiger partial charge is 0.303 e. The Morgan fingerprint density at radius 1 is 0.333 bits per heavy atom. The summed E-state index contributed by atoms with van der Waals surface area (Å²) < 4.78 is 43.8. The van der Waals surface area contributed by atoms with Crippen LogP contribution in [0.2, 0.25) is 0 Å². The molecular formula is C56H100N6O31. The van der Waals surface area contributed by atoms with E-state index in [9.17, 15) is 110 Å². The Kier molecular flexibility index (Phi) is 37.7. The van der Waals surface area contributed by atoms with Crippen LogP contribution in [0.1, 0.15) is 77.0 Å². The van der Waals surface area contributed by atoms with Crippen LogP contribution < -0.4 is 16.0 Å². The Hall–Kier alpha value is -4.18. The van der Waals surface area contributed by atoms with Crippen molar-refractivity contribution in [2.45, 2.75) is 200 Å². The SMILES string of the molecule is O=C(O)CCCCCNC(=O)CN(CC(=O)NCCCCCC(=O)N(CCOC1O[C@H](CO)[C@@H](O)[C@H](O)[C@@H]1O)CCO[C@H]1O[C@H](CO)[C@@H](O)[C@H](O)[C@@H]1O)CC(=O)NCCCCCC(=O)N(CCOC1O[C@H](CO)[C@@H](O)[C@H](O)[C@@H]1O)CCO[C@H]1O[C@H](CO)[C@@H](O)[C@H](O)[C@@H]1O. The number of nitrogens with zero attached hydrogens (tertiary/aromatic N) is 3. The Morgan fingerprint density at radius 3 is 0.817 bits per heavy atom. The first-order chi connectivity index (χ1) is 44.4. The molecule has 0 spiro atoms. The van der Waals surface area contributed by atoms with Gasteiger partial charge in [0.15, 0.2) is 25.2 Å². The van der Waals surface area contributed by atoms with E-state index in [-0.39, 0.29) is 111 Å². The Bertz CT molecular complexity index is 1970. The van der Waals surface area contributed by atoms with Gasteiger partial charge in [-0.2, -0.15) is 0 Å². The third kappa shape index (κ3) is 27.0. The van der Waals surface area contributed by atoms with E-state index in [1.165, 1.54) is 14.7 Å². The van der Waals surface area contributed by atoms with Crippen molar-refractivity contribution in [2.24, 2.45) is 0 Å². The summed E-state index contributed by atoms with van der Waals surface area (Å²) in [4.78, 5) is 81.5. The lowest BCUT2D eigenvalue weighted by Crippen LogP contribution is -2.59. The minimum atomic E-state index is -1.72. The minimum Gasteiger partial charge on any atom is -0.481 e. The number of carboxylic acid groups (broad SMARTS) is 1. The monoisotopic (exact) mass is 1350 g/mol. The molecule has 37 nitrogen and oxygen atoms in total. The van der Waals surface area contributed by atoms with Crippen LogP contribution in [-0.2, 0) is 66.7 Å². The van der Waals surface area contributed by atoms with E-state index in [1.54, 1.807) is 0 Å². The van der Waals surface area contributed by atoms with Gasteiger partial charge in [-0.3, -0.25) is 33.7 Å². The summed E-state index contributed by atoms with van der Waals surface area (Å²) in [5, 5.41) is 178. The van der Waals surface area contributed by atoms with Gasteiger partial charge in [0.2, 0.25) is 29.5 Å². The summed E-state index contributed by atoms with van der Waals surface area (Å²) in [5.74, 6) is -3.37. The van der Waals surface area contributed by atoms with Crippen LogP contribution in [-0.4, -0.2) is 378 Å². The summed E-state index contributed by atoms with van der Waals surface area (Å²) in [6.45, 7) is -5.22. The van der Waals surface area contributed by atoms with E-state index in [1.807, 2.05) is 0 Å². The van der Waals surface area contributed by atoms with Gasteiger partial charge in [0.25, 0.3) is 0 Å². The lowest BCUT2D eigenvalue weighted by atomic mass is 9.99. The maximum atomic E-state index is 13.6. The molecule has 4 aliphatic heterocycles. The van der Waals surface area contributed by atoms with Crippen LogP contribution in [0.5, 0.6) is 0 Å². The molecule has 0 bridgehead atoms. The molecule has 20 atom stereocenters. The third-order valence-electron chi connectivity index (χ3n) is 15.9. The van der Waals surface area contributed by atoms with Crippen LogP contribution in [0.4, 0.5) is 0 Å². The average molecular weight is 1350 g/mol. The second kappa shape index (κ2) is 43.2. The van der Waals surface area contributed by atoms with Crippen LogP contribution in [0.3, 0.4) is 0 Å². The van der Waals surface area contributed by atoms with Crippen LogP contribution in [0.15, 0.2) is 0 Å². The summed E-state index contributed by atoms with van der Waals surface area (Å²) in [7, 11) is 0. The van der Waals surface area contributed by atoms with Crippen molar-refractivity contribution < 1.29 is 153 Å². The van der Waals surface area contributed by atoms with Crippen LogP contribution >= 0.6 is 0 Å². The molecule has 0 radical (unpaired) electrons. The van der Waals surface area contributed by atoms with Crippen molar-refractivity contribution in [3.05, 3.63) is 0 Å². The quantitative estimate of drug-likeness (QED) is 0.0252. The van der Waals surface area contributed by atoms with Gasteiger partial charge in [-0.1, -0.05) is 19.3 Å². The van der Waals surface area contributed by atoms with Gasteiger partial charge in [-0.25, -0.2) is 0 Å². The Labute approximate surface area is 536 Å². The minimum absolute atomic E-state index is 0.0331. The topological polar surface area (TPSA) is 566 Å². The van der Waals surface area contributed by atoms with Gasteiger partial charge in [-0.15, -0.1) is 0 Å². The fourth-order valence-corrected chi connectivity index (χ4v) is 10.3. The number of aliphatic hydroxyl groups is 16. The summed E-state index contributed by atoms with van der Waals surface area (Å²) >= 11 is 0. The zero-order valence-electron chi connectivity index (χ0n) is 51.9. The highest BCUT2D eigenvalue weighted by atomic mass is 16.7. The fourth-order valence-electron chi connectivity index (χ4n) is 10.3. The Balaban J connectivity index is 1.26. The molecule has 37 heteroatoms. The number of rotatable bonds is 44. The van der Waals surface area contributed by atoms with Gasteiger partial charge >= 0.3 is 5.97 Å². The van der Waals surface area contributed by atoms with E-state index in [4.69, 9.17) is 43.0 Å². The van der Waals surface area contributed by atoms with E-state index < -0.39 is 185 Å². The molecule has 0 saturated carbocycles. The molecule has 4 fully saturated rings. The number of ether oxygens (including phenoxy) is 8. The number of aliphatic carboxylic acids is 1. The average Bonchev–Trinajstić information content (AvgIpc) is 1.47. The van der Waals surface area contributed by atoms with Crippen LogP contribution in [0.25, 0.3) is 0 Å². The highest BCUT2D eigenvalue weighted by molar-refractivity contribution is 5.84. The van der Waals surface area contributed by atoms with E-state index in [0.29, 0.717) is 57.8 Å². The van der Waals surface area contributed by atoms with Gasteiger partial charge in [-0.05, 0) is 38.5 Å².